The molecule has 4 saturated carbocycles. The summed E-state index contributed by atoms with van der Waals surface area (Å²) in [6, 6.07) is 0.650. The van der Waals surface area contributed by atoms with E-state index in [0.717, 1.165) is 36.0 Å². The van der Waals surface area contributed by atoms with Crippen molar-refractivity contribution in [1.29, 1.82) is 0 Å². The molecule has 1 unspecified atom stereocenters. The molecule has 0 aromatic carbocycles. The Morgan fingerprint density at radius 3 is 2.12 bits per heavy atom. The van der Waals surface area contributed by atoms with Crippen molar-refractivity contribution in [2.24, 2.45) is 29.6 Å². The van der Waals surface area contributed by atoms with Gasteiger partial charge >= 0.3 is 0 Å². The van der Waals surface area contributed by atoms with Crippen LogP contribution in [0.15, 0.2) is 0 Å². The van der Waals surface area contributed by atoms with Gasteiger partial charge in [-0.15, -0.1) is 11.8 Å². The summed E-state index contributed by atoms with van der Waals surface area (Å²) in [5.74, 6) is 11.5. The standard InChI is InChI=1S/C16H25N/c1-3-4-5-15(17-2)16-13-7-11-6-12(9-13)10-14(16)8-11/h11-17H,5-10H2,1-2H3. The van der Waals surface area contributed by atoms with Gasteiger partial charge in [-0.1, -0.05) is 0 Å². The van der Waals surface area contributed by atoms with Crippen molar-refractivity contribution in [3.63, 3.8) is 0 Å². The van der Waals surface area contributed by atoms with Crippen LogP contribution >= 0.6 is 0 Å². The molecule has 0 aromatic heterocycles. The molecule has 4 fully saturated rings. The molecule has 0 radical (unpaired) electrons. The molecule has 1 nitrogen and oxygen atoms in total. The smallest absolute Gasteiger partial charge is 0.0246 e. The summed E-state index contributed by atoms with van der Waals surface area (Å²) in [7, 11) is 2.13. The van der Waals surface area contributed by atoms with E-state index in [2.05, 4.69) is 24.2 Å². The van der Waals surface area contributed by atoms with Gasteiger partial charge in [0.05, 0.1) is 0 Å². The van der Waals surface area contributed by atoms with Crippen LogP contribution in [0.4, 0.5) is 0 Å². The lowest BCUT2D eigenvalue weighted by atomic mass is 9.50. The number of hydrogen-bond donors (Lipinski definition) is 1. The van der Waals surface area contributed by atoms with E-state index in [4.69, 9.17) is 0 Å². The van der Waals surface area contributed by atoms with Gasteiger partial charge < -0.3 is 5.32 Å². The molecule has 4 rings (SSSR count). The van der Waals surface area contributed by atoms with Gasteiger partial charge in [0.15, 0.2) is 0 Å². The normalized spacial score (nSPS) is 44.2. The van der Waals surface area contributed by atoms with Gasteiger partial charge in [0.1, 0.15) is 0 Å². The molecule has 17 heavy (non-hydrogen) atoms. The predicted octanol–water partition coefficient (Wildman–Crippen LogP) is 3.06. The second-order valence-corrected chi connectivity index (χ2v) is 6.53. The SMILES string of the molecule is CC#CCC(NC)C1C2CC3CC(C2)CC1C3. The Balaban J connectivity index is 1.75. The fourth-order valence-corrected chi connectivity index (χ4v) is 5.27. The van der Waals surface area contributed by atoms with E-state index < -0.39 is 0 Å². The van der Waals surface area contributed by atoms with Crippen LogP contribution in [0, 0.1) is 41.4 Å². The quantitative estimate of drug-likeness (QED) is 0.736. The van der Waals surface area contributed by atoms with E-state index in [-0.39, 0.29) is 0 Å². The first-order valence-corrected chi connectivity index (χ1v) is 7.38. The third-order valence-electron chi connectivity index (χ3n) is 5.63. The van der Waals surface area contributed by atoms with Crippen LogP contribution in [0.3, 0.4) is 0 Å². The van der Waals surface area contributed by atoms with Crippen molar-refractivity contribution in [3.8, 4) is 11.8 Å². The Kier molecular flexibility index (Phi) is 3.17. The predicted molar refractivity (Wildman–Crippen MR) is 71.4 cm³/mol. The Labute approximate surface area is 106 Å². The Hall–Kier alpha value is -0.480. The van der Waals surface area contributed by atoms with Crippen molar-refractivity contribution in [2.45, 2.75) is 51.5 Å². The third-order valence-corrected chi connectivity index (χ3v) is 5.63. The minimum absolute atomic E-state index is 0.650. The van der Waals surface area contributed by atoms with Crippen LogP contribution in [0.5, 0.6) is 0 Å². The number of nitrogens with one attached hydrogen (secondary N) is 1. The maximum absolute atomic E-state index is 3.56. The second kappa shape index (κ2) is 4.65. The molecule has 4 bridgehead atoms. The van der Waals surface area contributed by atoms with E-state index >= 15 is 0 Å². The first-order valence-electron chi connectivity index (χ1n) is 7.38. The number of rotatable bonds is 3. The highest BCUT2D eigenvalue weighted by Crippen LogP contribution is 2.57. The summed E-state index contributed by atoms with van der Waals surface area (Å²) in [5.41, 5.74) is 0. The van der Waals surface area contributed by atoms with Crippen LogP contribution in [0.1, 0.15) is 45.4 Å². The highest BCUT2D eigenvalue weighted by molar-refractivity contribution is 5.05. The Bertz CT molecular complexity index is 307. The molecule has 0 spiro atoms. The van der Waals surface area contributed by atoms with Crippen molar-refractivity contribution < 1.29 is 0 Å². The van der Waals surface area contributed by atoms with Crippen molar-refractivity contribution in [1.82, 2.24) is 5.32 Å². The summed E-state index contributed by atoms with van der Waals surface area (Å²) < 4.78 is 0. The fourth-order valence-electron chi connectivity index (χ4n) is 5.27. The van der Waals surface area contributed by atoms with Crippen molar-refractivity contribution >= 4 is 0 Å². The zero-order chi connectivity index (χ0) is 11.8. The zero-order valence-electron chi connectivity index (χ0n) is 11.2. The van der Waals surface area contributed by atoms with Crippen molar-refractivity contribution in [3.05, 3.63) is 0 Å². The molecule has 1 heteroatoms. The molecule has 0 aromatic rings. The highest BCUT2D eigenvalue weighted by atomic mass is 14.9. The summed E-state index contributed by atoms with van der Waals surface area (Å²) >= 11 is 0. The molecule has 0 heterocycles. The first-order chi connectivity index (χ1) is 8.31. The van der Waals surface area contributed by atoms with Gasteiger partial charge in [-0.3, -0.25) is 0 Å². The average molecular weight is 231 g/mol. The summed E-state index contributed by atoms with van der Waals surface area (Å²) in [5, 5.41) is 3.56. The molecule has 0 saturated heterocycles. The van der Waals surface area contributed by atoms with E-state index in [1.165, 1.54) is 25.7 Å². The molecule has 0 aliphatic heterocycles. The van der Waals surface area contributed by atoms with E-state index in [0.29, 0.717) is 6.04 Å². The van der Waals surface area contributed by atoms with Crippen LogP contribution in [0.2, 0.25) is 0 Å². The maximum atomic E-state index is 3.56. The monoisotopic (exact) mass is 231 g/mol. The molecule has 4 aliphatic carbocycles. The highest BCUT2D eigenvalue weighted by Gasteiger charge is 2.49. The van der Waals surface area contributed by atoms with Gasteiger partial charge in [0.2, 0.25) is 0 Å². The van der Waals surface area contributed by atoms with Crippen LogP contribution in [-0.4, -0.2) is 13.1 Å². The molecule has 4 aliphatic rings. The lowest BCUT2D eigenvalue weighted by Gasteiger charge is -2.56. The van der Waals surface area contributed by atoms with Crippen molar-refractivity contribution in [2.75, 3.05) is 7.05 Å². The molecule has 94 valence electrons. The fraction of sp³-hybridized carbons (Fsp3) is 0.875. The van der Waals surface area contributed by atoms with E-state index in [9.17, 15) is 0 Å². The first kappa shape index (κ1) is 11.6. The molecule has 1 atom stereocenters. The van der Waals surface area contributed by atoms with Gasteiger partial charge in [-0.2, -0.15) is 0 Å². The average Bonchev–Trinajstić information content (AvgIpc) is 2.31. The summed E-state index contributed by atoms with van der Waals surface area (Å²) in [6.45, 7) is 1.96. The molecular weight excluding hydrogens is 206 g/mol. The topological polar surface area (TPSA) is 12.0 Å². The van der Waals surface area contributed by atoms with Crippen LogP contribution in [0.25, 0.3) is 0 Å². The van der Waals surface area contributed by atoms with Crippen LogP contribution in [-0.2, 0) is 0 Å². The minimum Gasteiger partial charge on any atom is -0.316 e. The largest absolute Gasteiger partial charge is 0.316 e. The van der Waals surface area contributed by atoms with Crippen LogP contribution < -0.4 is 5.32 Å². The third kappa shape index (κ3) is 2.02. The minimum atomic E-state index is 0.650. The van der Waals surface area contributed by atoms with E-state index in [1.54, 1.807) is 6.42 Å². The lowest BCUT2D eigenvalue weighted by molar-refractivity contribution is -0.0501. The summed E-state index contributed by atoms with van der Waals surface area (Å²) in [4.78, 5) is 0. The molecule has 0 amide bonds. The number of hydrogen-bond acceptors (Lipinski definition) is 1. The summed E-state index contributed by atoms with van der Waals surface area (Å²) in [6.07, 6.45) is 8.70. The van der Waals surface area contributed by atoms with Gasteiger partial charge in [-0.05, 0) is 75.7 Å². The second-order valence-electron chi connectivity index (χ2n) is 6.53. The molecule has 1 N–H and O–H groups in total. The van der Waals surface area contributed by atoms with Gasteiger partial charge in [0.25, 0.3) is 0 Å². The van der Waals surface area contributed by atoms with Gasteiger partial charge in [0, 0.05) is 12.5 Å². The lowest BCUT2D eigenvalue weighted by Crippen LogP contribution is -2.52. The maximum Gasteiger partial charge on any atom is 0.0246 e. The molecular formula is C16H25N. The van der Waals surface area contributed by atoms with E-state index in [1.807, 2.05) is 6.92 Å². The Morgan fingerprint density at radius 1 is 1.06 bits per heavy atom. The zero-order valence-corrected chi connectivity index (χ0v) is 11.2. The Morgan fingerprint density at radius 2 is 1.65 bits per heavy atom. The van der Waals surface area contributed by atoms with Gasteiger partial charge in [-0.25, -0.2) is 0 Å².